The molecule has 6 nitrogen and oxygen atoms in total. The van der Waals surface area contributed by atoms with E-state index in [1.807, 2.05) is 6.07 Å². The molecule has 0 atom stereocenters. The highest BCUT2D eigenvalue weighted by Gasteiger charge is 2.17. The summed E-state index contributed by atoms with van der Waals surface area (Å²) >= 11 is 5.92. The third-order valence-electron chi connectivity index (χ3n) is 2.83. The summed E-state index contributed by atoms with van der Waals surface area (Å²) in [5.41, 5.74) is 1.11. The van der Waals surface area contributed by atoms with Gasteiger partial charge in [-0.1, -0.05) is 11.6 Å². The first-order chi connectivity index (χ1) is 9.76. The van der Waals surface area contributed by atoms with Gasteiger partial charge in [0.25, 0.3) is 5.69 Å². The second-order valence-electron chi connectivity index (χ2n) is 5.75. The number of nitro groups is 1. The Morgan fingerprint density at radius 1 is 1.38 bits per heavy atom. The van der Waals surface area contributed by atoms with E-state index in [4.69, 9.17) is 11.6 Å². The molecule has 0 aliphatic carbocycles. The largest absolute Gasteiger partial charge is 0.306 e. The van der Waals surface area contributed by atoms with Crippen LogP contribution in [0.15, 0.2) is 30.5 Å². The van der Waals surface area contributed by atoms with Gasteiger partial charge in [0.05, 0.1) is 10.6 Å². The molecular formula is C14H17ClN4O2. The van der Waals surface area contributed by atoms with Gasteiger partial charge in [-0.15, -0.1) is 0 Å². The van der Waals surface area contributed by atoms with E-state index in [1.165, 1.54) is 22.9 Å². The average Bonchev–Trinajstić information content (AvgIpc) is 2.83. The highest BCUT2D eigenvalue weighted by atomic mass is 35.5. The third kappa shape index (κ3) is 4.03. The van der Waals surface area contributed by atoms with Crippen molar-refractivity contribution in [2.75, 3.05) is 0 Å². The summed E-state index contributed by atoms with van der Waals surface area (Å²) in [4.78, 5) is 10.6. The molecule has 2 rings (SSSR count). The summed E-state index contributed by atoms with van der Waals surface area (Å²) in [7, 11) is 0. The van der Waals surface area contributed by atoms with Crippen molar-refractivity contribution in [3.8, 4) is 5.69 Å². The topological polar surface area (TPSA) is 73.0 Å². The first-order valence-electron chi connectivity index (χ1n) is 6.50. The molecule has 0 amide bonds. The molecule has 112 valence electrons. The van der Waals surface area contributed by atoms with Crippen molar-refractivity contribution in [1.82, 2.24) is 15.1 Å². The Labute approximate surface area is 127 Å². The molecule has 2 aromatic rings. The monoisotopic (exact) mass is 308 g/mol. The van der Waals surface area contributed by atoms with E-state index in [2.05, 4.69) is 31.2 Å². The predicted octanol–water partition coefficient (Wildman–Crippen LogP) is 3.32. The van der Waals surface area contributed by atoms with Crippen LogP contribution in [-0.2, 0) is 6.54 Å². The summed E-state index contributed by atoms with van der Waals surface area (Å²) in [5.74, 6) is 0. The van der Waals surface area contributed by atoms with Gasteiger partial charge in [-0.3, -0.25) is 10.1 Å². The Balaban J connectivity index is 2.29. The minimum atomic E-state index is -0.444. The maximum atomic E-state index is 11.1. The van der Waals surface area contributed by atoms with Crippen LogP contribution in [0.2, 0.25) is 5.02 Å². The van der Waals surface area contributed by atoms with E-state index in [1.54, 1.807) is 6.20 Å². The fourth-order valence-corrected chi connectivity index (χ4v) is 1.95. The molecule has 0 unspecified atom stereocenters. The Hall–Kier alpha value is -1.92. The van der Waals surface area contributed by atoms with E-state index in [0.717, 1.165) is 5.69 Å². The van der Waals surface area contributed by atoms with Crippen LogP contribution < -0.4 is 5.32 Å². The number of nitrogens with one attached hydrogen (secondary N) is 1. The number of halogens is 1. The van der Waals surface area contributed by atoms with E-state index in [-0.39, 0.29) is 11.2 Å². The van der Waals surface area contributed by atoms with Crippen LogP contribution >= 0.6 is 11.6 Å². The maximum absolute atomic E-state index is 11.1. The fourth-order valence-electron chi connectivity index (χ4n) is 1.78. The lowest BCUT2D eigenvalue weighted by atomic mass is 10.1. The van der Waals surface area contributed by atoms with Gasteiger partial charge in [-0.05, 0) is 39.0 Å². The lowest BCUT2D eigenvalue weighted by Crippen LogP contribution is -2.35. The van der Waals surface area contributed by atoms with Gasteiger partial charge in [0.2, 0.25) is 0 Å². The van der Waals surface area contributed by atoms with Crippen molar-refractivity contribution in [2.24, 2.45) is 0 Å². The number of nitrogens with zero attached hydrogens (tertiary/aromatic N) is 3. The van der Waals surface area contributed by atoms with Crippen molar-refractivity contribution in [3.05, 3.63) is 51.3 Å². The van der Waals surface area contributed by atoms with Crippen molar-refractivity contribution in [3.63, 3.8) is 0 Å². The Kier molecular flexibility index (Phi) is 4.29. The highest BCUT2D eigenvalue weighted by molar-refractivity contribution is 6.30. The van der Waals surface area contributed by atoms with E-state index >= 15 is 0 Å². The van der Waals surface area contributed by atoms with Crippen LogP contribution in [-0.4, -0.2) is 20.2 Å². The number of aromatic nitrogens is 2. The van der Waals surface area contributed by atoms with Crippen molar-refractivity contribution < 1.29 is 4.92 Å². The molecule has 1 aromatic carbocycles. The number of hydrogen-bond acceptors (Lipinski definition) is 4. The van der Waals surface area contributed by atoms with E-state index in [9.17, 15) is 10.1 Å². The Morgan fingerprint density at radius 2 is 2.10 bits per heavy atom. The molecule has 21 heavy (non-hydrogen) atoms. The number of hydrogen-bond donors (Lipinski definition) is 1. The van der Waals surface area contributed by atoms with Gasteiger partial charge in [-0.2, -0.15) is 5.10 Å². The SMILES string of the molecule is CC(C)(C)NCc1ccn(-c2cc(Cl)ccc2[N+](=O)[O-])n1. The number of rotatable bonds is 4. The third-order valence-corrected chi connectivity index (χ3v) is 3.06. The second-order valence-corrected chi connectivity index (χ2v) is 6.18. The zero-order chi connectivity index (χ0) is 15.6. The molecule has 1 heterocycles. The molecule has 0 radical (unpaired) electrons. The van der Waals surface area contributed by atoms with Gasteiger partial charge in [0.1, 0.15) is 5.69 Å². The van der Waals surface area contributed by atoms with E-state index < -0.39 is 4.92 Å². The van der Waals surface area contributed by atoms with Crippen molar-refractivity contribution >= 4 is 17.3 Å². The summed E-state index contributed by atoms with van der Waals surface area (Å²) < 4.78 is 1.48. The van der Waals surface area contributed by atoms with Crippen LogP contribution in [0, 0.1) is 10.1 Å². The van der Waals surface area contributed by atoms with Gasteiger partial charge >= 0.3 is 0 Å². The van der Waals surface area contributed by atoms with Crippen molar-refractivity contribution in [2.45, 2.75) is 32.9 Å². The molecule has 0 aliphatic rings. The lowest BCUT2D eigenvalue weighted by molar-refractivity contribution is -0.384. The lowest BCUT2D eigenvalue weighted by Gasteiger charge is -2.19. The maximum Gasteiger partial charge on any atom is 0.294 e. The fraction of sp³-hybridized carbons (Fsp3) is 0.357. The predicted molar refractivity (Wildman–Crippen MR) is 81.8 cm³/mol. The summed E-state index contributed by atoms with van der Waals surface area (Å²) in [6.45, 7) is 6.77. The standard InChI is InChI=1S/C14H17ClN4O2/c1-14(2,3)16-9-11-6-7-18(17-11)13-8-10(15)4-5-12(13)19(20)21/h4-8,16H,9H2,1-3H3. The summed E-state index contributed by atoms with van der Waals surface area (Å²) in [6.07, 6.45) is 1.69. The molecule has 0 saturated heterocycles. The second kappa shape index (κ2) is 5.83. The molecular weight excluding hydrogens is 292 g/mol. The first-order valence-corrected chi connectivity index (χ1v) is 6.88. The highest BCUT2D eigenvalue weighted by Crippen LogP contribution is 2.26. The van der Waals surface area contributed by atoms with Crippen LogP contribution in [0.25, 0.3) is 5.69 Å². The smallest absolute Gasteiger partial charge is 0.294 e. The van der Waals surface area contributed by atoms with Crippen LogP contribution in [0.3, 0.4) is 0 Å². The first kappa shape index (κ1) is 15.5. The van der Waals surface area contributed by atoms with Gasteiger partial charge in [-0.25, -0.2) is 4.68 Å². The number of nitro benzene ring substituents is 1. The molecule has 0 bridgehead atoms. The average molecular weight is 309 g/mol. The molecule has 7 heteroatoms. The minimum absolute atomic E-state index is 0.0220. The van der Waals surface area contributed by atoms with Crippen LogP contribution in [0.4, 0.5) is 5.69 Å². The quantitative estimate of drug-likeness (QED) is 0.694. The molecule has 0 spiro atoms. The van der Waals surface area contributed by atoms with Crippen LogP contribution in [0.1, 0.15) is 26.5 Å². The summed E-state index contributed by atoms with van der Waals surface area (Å²) in [6, 6.07) is 6.23. The molecule has 0 saturated carbocycles. The zero-order valence-corrected chi connectivity index (χ0v) is 12.9. The van der Waals surface area contributed by atoms with Gasteiger partial charge < -0.3 is 5.32 Å². The Morgan fingerprint density at radius 3 is 2.71 bits per heavy atom. The number of benzene rings is 1. The van der Waals surface area contributed by atoms with Crippen molar-refractivity contribution in [1.29, 1.82) is 0 Å². The molecule has 0 aliphatic heterocycles. The van der Waals surface area contributed by atoms with Crippen LogP contribution in [0.5, 0.6) is 0 Å². The minimum Gasteiger partial charge on any atom is -0.306 e. The summed E-state index contributed by atoms with van der Waals surface area (Å²) in [5, 5.41) is 19.2. The molecule has 0 fully saturated rings. The molecule has 1 aromatic heterocycles. The normalized spacial score (nSPS) is 11.6. The molecule has 1 N–H and O–H groups in total. The Bertz CT molecular complexity index is 661. The zero-order valence-electron chi connectivity index (χ0n) is 12.1. The van der Waals surface area contributed by atoms with Gasteiger partial charge in [0.15, 0.2) is 0 Å². The van der Waals surface area contributed by atoms with Gasteiger partial charge in [0, 0.05) is 29.4 Å². The van der Waals surface area contributed by atoms with E-state index in [0.29, 0.717) is 17.3 Å².